The van der Waals surface area contributed by atoms with Crippen molar-refractivity contribution in [3.63, 3.8) is 0 Å². The average molecular weight is 354 g/mol. The lowest BCUT2D eigenvalue weighted by molar-refractivity contribution is -0.144. The number of amides is 2. The number of anilines is 1. The molecule has 1 aromatic carbocycles. The molecule has 2 amide bonds. The third kappa shape index (κ3) is 4.47. The summed E-state index contributed by atoms with van der Waals surface area (Å²) >= 11 is 0. The summed E-state index contributed by atoms with van der Waals surface area (Å²) in [5.41, 5.74) is 0.479. The van der Waals surface area contributed by atoms with E-state index >= 15 is 0 Å². The molecule has 7 nitrogen and oxygen atoms in total. The minimum absolute atomic E-state index is 0.0575. The van der Waals surface area contributed by atoms with Gasteiger partial charge in [0.25, 0.3) is 0 Å². The Hall–Kier alpha value is -2.09. The van der Waals surface area contributed by atoms with Gasteiger partial charge < -0.3 is 15.0 Å². The number of rotatable bonds is 5. The quantitative estimate of drug-likeness (QED) is 0.798. The van der Waals surface area contributed by atoms with Crippen molar-refractivity contribution >= 4 is 27.3 Å². The fourth-order valence-corrected chi connectivity index (χ4v) is 4.44. The molecule has 1 N–H and O–H groups in total. The van der Waals surface area contributed by atoms with E-state index in [4.69, 9.17) is 4.74 Å². The second kappa shape index (κ2) is 7.65. The lowest BCUT2D eigenvalue weighted by Gasteiger charge is -2.26. The van der Waals surface area contributed by atoms with Crippen LogP contribution in [0.1, 0.15) is 20.3 Å². The lowest BCUT2D eigenvalue weighted by Crippen LogP contribution is -2.46. The number of nitrogens with one attached hydrogen (secondary N) is 1. The maximum atomic E-state index is 12.3. The van der Waals surface area contributed by atoms with Gasteiger partial charge in [0.15, 0.2) is 9.84 Å². The monoisotopic (exact) mass is 354 g/mol. The Balaban J connectivity index is 2.01. The second-order valence-electron chi connectivity index (χ2n) is 5.56. The van der Waals surface area contributed by atoms with Gasteiger partial charge in [-0.05, 0) is 44.5 Å². The highest BCUT2D eigenvalue weighted by atomic mass is 32.2. The number of sulfone groups is 1. The summed E-state index contributed by atoms with van der Waals surface area (Å²) in [6.45, 7) is 4.43. The fourth-order valence-electron chi connectivity index (χ4n) is 2.70. The first-order valence-corrected chi connectivity index (χ1v) is 9.73. The normalized spacial score (nSPS) is 18.8. The first kappa shape index (κ1) is 18.3. The van der Waals surface area contributed by atoms with Crippen LogP contribution in [0.5, 0.6) is 5.75 Å². The van der Waals surface area contributed by atoms with Crippen LogP contribution in [0.2, 0.25) is 0 Å². The second-order valence-corrected chi connectivity index (χ2v) is 7.79. The van der Waals surface area contributed by atoms with Crippen molar-refractivity contribution in [2.24, 2.45) is 0 Å². The zero-order chi connectivity index (χ0) is 17.7. The first-order chi connectivity index (χ1) is 11.4. The number of ether oxygens (including phenoxy) is 1. The number of nitrogens with zero attached hydrogens (tertiary/aromatic N) is 1. The molecular weight excluding hydrogens is 332 g/mol. The molecule has 2 rings (SSSR count). The minimum atomic E-state index is -3.12. The van der Waals surface area contributed by atoms with E-state index < -0.39 is 27.7 Å². The SMILES string of the molecule is CCOc1ccc(NC(=O)C(=O)N(CC)C2CCS(=O)(=O)C2)cc1. The predicted octanol–water partition coefficient (Wildman–Crippen LogP) is 1.06. The van der Waals surface area contributed by atoms with E-state index in [-0.39, 0.29) is 18.1 Å². The molecule has 1 heterocycles. The molecular formula is C16H22N2O5S. The van der Waals surface area contributed by atoms with Crippen molar-refractivity contribution in [1.82, 2.24) is 4.90 Å². The highest BCUT2D eigenvalue weighted by Gasteiger charge is 2.35. The van der Waals surface area contributed by atoms with Gasteiger partial charge in [-0.3, -0.25) is 9.59 Å². The third-order valence-corrected chi connectivity index (χ3v) is 5.62. The van der Waals surface area contributed by atoms with Gasteiger partial charge in [-0.15, -0.1) is 0 Å². The molecule has 1 fully saturated rings. The Morgan fingerprint density at radius 1 is 1.25 bits per heavy atom. The largest absolute Gasteiger partial charge is 0.494 e. The van der Waals surface area contributed by atoms with E-state index in [0.29, 0.717) is 24.5 Å². The van der Waals surface area contributed by atoms with Crippen LogP contribution in [-0.2, 0) is 19.4 Å². The van der Waals surface area contributed by atoms with Crippen molar-refractivity contribution in [3.8, 4) is 5.75 Å². The van der Waals surface area contributed by atoms with E-state index in [1.54, 1.807) is 31.2 Å². The summed E-state index contributed by atoms with van der Waals surface area (Å²) in [5.74, 6) is -0.836. The average Bonchev–Trinajstić information content (AvgIpc) is 2.90. The molecule has 0 aromatic heterocycles. The van der Waals surface area contributed by atoms with E-state index in [9.17, 15) is 18.0 Å². The van der Waals surface area contributed by atoms with Gasteiger partial charge in [0.05, 0.1) is 18.1 Å². The van der Waals surface area contributed by atoms with E-state index in [1.807, 2.05) is 6.92 Å². The van der Waals surface area contributed by atoms with Crippen LogP contribution in [-0.4, -0.2) is 55.8 Å². The van der Waals surface area contributed by atoms with E-state index in [2.05, 4.69) is 5.32 Å². The van der Waals surface area contributed by atoms with Crippen LogP contribution in [0.3, 0.4) is 0 Å². The minimum Gasteiger partial charge on any atom is -0.494 e. The predicted molar refractivity (Wildman–Crippen MR) is 90.7 cm³/mol. The van der Waals surface area contributed by atoms with Crippen LogP contribution in [0, 0.1) is 0 Å². The van der Waals surface area contributed by atoms with Crippen molar-refractivity contribution in [3.05, 3.63) is 24.3 Å². The van der Waals surface area contributed by atoms with Gasteiger partial charge in [0.1, 0.15) is 5.75 Å². The summed E-state index contributed by atoms with van der Waals surface area (Å²) in [6, 6.07) is 6.26. The topological polar surface area (TPSA) is 92.8 Å². The van der Waals surface area contributed by atoms with Crippen molar-refractivity contribution in [2.75, 3.05) is 30.0 Å². The number of likely N-dealkylation sites (N-methyl/N-ethyl adjacent to an activating group) is 1. The Morgan fingerprint density at radius 3 is 2.42 bits per heavy atom. The number of hydrogen-bond donors (Lipinski definition) is 1. The highest BCUT2D eigenvalue weighted by molar-refractivity contribution is 7.91. The molecule has 0 radical (unpaired) electrons. The molecule has 1 aromatic rings. The Labute approximate surface area is 141 Å². The maximum absolute atomic E-state index is 12.3. The molecule has 0 saturated carbocycles. The smallest absolute Gasteiger partial charge is 0.313 e. The van der Waals surface area contributed by atoms with Crippen molar-refractivity contribution in [2.45, 2.75) is 26.3 Å². The van der Waals surface area contributed by atoms with Crippen LogP contribution in [0.4, 0.5) is 5.69 Å². The molecule has 1 unspecified atom stereocenters. The highest BCUT2D eigenvalue weighted by Crippen LogP contribution is 2.19. The van der Waals surface area contributed by atoms with Crippen molar-refractivity contribution in [1.29, 1.82) is 0 Å². The molecule has 0 bridgehead atoms. The summed E-state index contributed by atoms with van der Waals surface area (Å²) in [4.78, 5) is 25.8. The standard InChI is InChI=1S/C16H22N2O5S/c1-3-18(13-9-10-24(21,22)11-13)16(20)15(19)17-12-5-7-14(8-6-12)23-4-2/h5-8,13H,3-4,9-11H2,1-2H3,(H,17,19). The van der Waals surface area contributed by atoms with Gasteiger partial charge in [-0.25, -0.2) is 8.42 Å². The summed E-state index contributed by atoms with van der Waals surface area (Å²) in [5, 5.41) is 2.53. The Bertz CT molecular complexity index is 700. The zero-order valence-corrected chi connectivity index (χ0v) is 14.6. The molecule has 0 aliphatic carbocycles. The van der Waals surface area contributed by atoms with Gasteiger partial charge in [0.2, 0.25) is 0 Å². The molecule has 1 aliphatic rings. The number of hydrogen-bond acceptors (Lipinski definition) is 5. The molecule has 1 saturated heterocycles. The Kier molecular flexibility index (Phi) is 5.82. The van der Waals surface area contributed by atoms with Crippen LogP contribution >= 0.6 is 0 Å². The number of carbonyl (C=O) groups is 2. The van der Waals surface area contributed by atoms with Gasteiger partial charge in [0, 0.05) is 18.3 Å². The van der Waals surface area contributed by atoms with Gasteiger partial charge in [-0.2, -0.15) is 0 Å². The first-order valence-electron chi connectivity index (χ1n) is 7.91. The van der Waals surface area contributed by atoms with E-state index in [1.165, 1.54) is 4.90 Å². The molecule has 24 heavy (non-hydrogen) atoms. The molecule has 132 valence electrons. The zero-order valence-electron chi connectivity index (χ0n) is 13.8. The number of benzene rings is 1. The molecule has 8 heteroatoms. The van der Waals surface area contributed by atoms with E-state index in [0.717, 1.165) is 0 Å². The number of carbonyl (C=O) groups excluding carboxylic acids is 2. The van der Waals surface area contributed by atoms with Crippen LogP contribution in [0.25, 0.3) is 0 Å². The molecule has 0 spiro atoms. The Morgan fingerprint density at radius 2 is 1.92 bits per heavy atom. The van der Waals surface area contributed by atoms with Gasteiger partial charge >= 0.3 is 11.8 Å². The van der Waals surface area contributed by atoms with Crippen LogP contribution < -0.4 is 10.1 Å². The molecule has 1 atom stereocenters. The summed E-state index contributed by atoms with van der Waals surface area (Å²) in [7, 11) is -3.12. The maximum Gasteiger partial charge on any atom is 0.313 e. The lowest BCUT2D eigenvalue weighted by atomic mass is 10.2. The van der Waals surface area contributed by atoms with Crippen molar-refractivity contribution < 1.29 is 22.7 Å². The summed E-state index contributed by atoms with van der Waals surface area (Å²) in [6.07, 6.45) is 0.373. The van der Waals surface area contributed by atoms with Gasteiger partial charge in [-0.1, -0.05) is 0 Å². The van der Waals surface area contributed by atoms with Crippen LogP contribution in [0.15, 0.2) is 24.3 Å². The third-order valence-electron chi connectivity index (χ3n) is 3.87. The summed E-state index contributed by atoms with van der Waals surface area (Å²) < 4.78 is 28.5. The fraction of sp³-hybridized carbons (Fsp3) is 0.500. The molecule has 1 aliphatic heterocycles.